The number of fused-ring (bicyclic) bond motifs is 6. The van der Waals surface area contributed by atoms with Crippen molar-refractivity contribution in [2.45, 2.75) is 12.3 Å². The fourth-order valence-corrected chi connectivity index (χ4v) is 11.7. The molecule has 0 fully saturated rings. The number of rotatable bonds is 9. The van der Waals surface area contributed by atoms with Gasteiger partial charge in [0.2, 0.25) is 0 Å². The molecule has 0 radical (unpaired) electrons. The largest absolute Gasteiger partial charge is 0.309 e. The first kappa shape index (κ1) is 42.1. The standard InChI is InChI=1S/C70H49N/c1-70(54-33-15-6-16-34-54)64-42-20-19-37-60(64)62-41-23-43-65(68(62)70)71(69-56(48-24-7-2-8-25-48)39-22-40-57(69)49-26-9-3-10-27-49)55-35-21-32-52(46-55)53-44-45-59-58-36-17-18-38-61(58)66(50-28-11-4-12-29-50)67(63(59)47-53)51-30-13-5-14-31-51/h2-47H,1H3. The lowest BCUT2D eigenvalue weighted by molar-refractivity contribution is 0.714. The van der Waals surface area contributed by atoms with Crippen LogP contribution in [0, 0.1) is 0 Å². The highest BCUT2D eigenvalue weighted by Gasteiger charge is 2.44. The molecule has 71 heavy (non-hydrogen) atoms. The second-order valence-electron chi connectivity index (χ2n) is 18.8. The van der Waals surface area contributed by atoms with Gasteiger partial charge in [0.25, 0.3) is 0 Å². The van der Waals surface area contributed by atoms with E-state index in [1.165, 1.54) is 71.6 Å². The van der Waals surface area contributed by atoms with Crippen molar-refractivity contribution in [3.63, 3.8) is 0 Å². The lowest BCUT2D eigenvalue weighted by atomic mass is 9.73. The molecule has 0 aromatic heterocycles. The molecule has 0 saturated heterocycles. The molecule has 0 heterocycles. The molecule has 1 unspecified atom stereocenters. The van der Waals surface area contributed by atoms with Crippen LogP contribution in [0.25, 0.3) is 88.3 Å². The molecule has 13 rings (SSSR count). The molecule has 334 valence electrons. The summed E-state index contributed by atoms with van der Waals surface area (Å²) in [5.74, 6) is 0. The molecule has 0 aliphatic heterocycles. The SMILES string of the molecule is CC1(c2ccccc2)c2ccccc2-c2cccc(N(c3cccc(-c4ccc5c(c4)c(-c4ccccc4)c(-c4ccccc4)c4ccccc45)c3)c3c(-c4ccccc4)cccc3-c3ccccc3)c21. The van der Waals surface area contributed by atoms with E-state index in [0.717, 1.165) is 50.4 Å². The van der Waals surface area contributed by atoms with Crippen LogP contribution in [0.1, 0.15) is 23.6 Å². The van der Waals surface area contributed by atoms with Crippen molar-refractivity contribution >= 4 is 38.6 Å². The Morgan fingerprint density at radius 1 is 0.296 bits per heavy atom. The predicted molar refractivity (Wildman–Crippen MR) is 301 cm³/mol. The van der Waals surface area contributed by atoms with Crippen molar-refractivity contribution in [1.82, 2.24) is 0 Å². The molecule has 1 nitrogen and oxygen atoms in total. The summed E-state index contributed by atoms with van der Waals surface area (Å²) >= 11 is 0. The summed E-state index contributed by atoms with van der Waals surface area (Å²) in [6, 6.07) is 103. The van der Waals surface area contributed by atoms with Gasteiger partial charge in [-0.1, -0.05) is 255 Å². The summed E-state index contributed by atoms with van der Waals surface area (Å²) in [7, 11) is 0. The van der Waals surface area contributed by atoms with E-state index in [1.807, 2.05) is 0 Å². The number of anilines is 3. The smallest absolute Gasteiger partial charge is 0.0618 e. The lowest BCUT2D eigenvalue weighted by Gasteiger charge is -2.36. The van der Waals surface area contributed by atoms with Crippen LogP contribution < -0.4 is 4.90 Å². The number of para-hydroxylation sites is 1. The molecular weight excluding hydrogens is 855 g/mol. The normalized spacial score (nSPS) is 13.8. The van der Waals surface area contributed by atoms with Crippen molar-refractivity contribution in [3.8, 4) is 66.8 Å². The average molecular weight is 904 g/mol. The van der Waals surface area contributed by atoms with Crippen molar-refractivity contribution in [1.29, 1.82) is 0 Å². The molecule has 0 saturated carbocycles. The number of hydrogen-bond donors (Lipinski definition) is 0. The number of hydrogen-bond acceptors (Lipinski definition) is 1. The summed E-state index contributed by atoms with van der Waals surface area (Å²) in [6.07, 6.45) is 0. The van der Waals surface area contributed by atoms with Gasteiger partial charge in [0, 0.05) is 22.2 Å². The molecular formula is C70H49N. The molecule has 0 bridgehead atoms. The first-order valence-corrected chi connectivity index (χ1v) is 24.7. The van der Waals surface area contributed by atoms with Crippen LogP contribution in [-0.2, 0) is 5.41 Å². The molecule has 1 aliphatic carbocycles. The van der Waals surface area contributed by atoms with Crippen LogP contribution in [0.3, 0.4) is 0 Å². The van der Waals surface area contributed by atoms with Gasteiger partial charge < -0.3 is 4.90 Å². The number of benzene rings is 12. The summed E-state index contributed by atoms with van der Waals surface area (Å²) in [4.78, 5) is 2.58. The van der Waals surface area contributed by atoms with Crippen LogP contribution in [-0.4, -0.2) is 0 Å². The van der Waals surface area contributed by atoms with E-state index in [-0.39, 0.29) is 0 Å². The maximum Gasteiger partial charge on any atom is 0.0618 e. The first-order valence-electron chi connectivity index (χ1n) is 24.7. The van der Waals surface area contributed by atoms with Gasteiger partial charge in [0.1, 0.15) is 0 Å². The van der Waals surface area contributed by atoms with Crippen molar-refractivity contribution in [3.05, 3.63) is 296 Å². The highest BCUT2D eigenvalue weighted by atomic mass is 15.2. The van der Waals surface area contributed by atoms with Crippen LogP contribution in [0.5, 0.6) is 0 Å². The van der Waals surface area contributed by atoms with Gasteiger partial charge in [-0.3, -0.25) is 0 Å². The van der Waals surface area contributed by atoms with Crippen LogP contribution in [0.2, 0.25) is 0 Å². The van der Waals surface area contributed by atoms with E-state index in [9.17, 15) is 0 Å². The minimum Gasteiger partial charge on any atom is -0.309 e. The van der Waals surface area contributed by atoms with Gasteiger partial charge >= 0.3 is 0 Å². The quantitative estimate of drug-likeness (QED) is 0.130. The highest BCUT2D eigenvalue weighted by Crippen LogP contribution is 2.59. The third kappa shape index (κ3) is 7.00. The molecule has 1 atom stereocenters. The van der Waals surface area contributed by atoms with Crippen LogP contribution in [0.4, 0.5) is 17.1 Å². The minimum atomic E-state index is -0.459. The van der Waals surface area contributed by atoms with E-state index in [0.29, 0.717) is 0 Å². The lowest BCUT2D eigenvalue weighted by Crippen LogP contribution is -2.25. The van der Waals surface area contributed by atoms with E-state index in [1.54, 1.807) is 0 Å². The van der Waals surface area contributed by atoms with Crippen LogP contribution >= 0.6 is 0 Å². The maximum atomic E-state index is 2.58. The average Bonchev–Trinajstić information content (AvgIpc) is 3.73. The van der Waals surface area contributed by atoms with Crippen molar-refractivity contribution < 1.29 is 0 Å². The summed E-state index contributed by atoms with van der Waals surface area (Å²) < 4.78 is 0. The third-order valence-electron chi connectivity index (χ3n) is 14.9. The Bertz CT molecular complexity index is 3860. The second kappa shape index (κ2) is 17.5. The molecule has 0 N–H and O–H groups in total. The fraction of sp³-hybridized carbons (Fsp3) is 0.0286. The zero-order chi connectivity index (χ0) is 47.3. The Labute approximate surface area is 416 Å². The summed E-state index contributed by atoms with van der Waals surface area (Å²) in [6.45, 7) is 2.43. The Morgan fingerprint density at radius 2 is 0.746 bits per heavy atom. The van der Waals surface area contributed by atoms with Gasteiger partial charge in [0.15, 0.2) is 0 Å². The van der Waals surface area contributed by atoms with Crippen molar-refractivity contribution in [2.24, 2.45) is 0 Å². The van der Waals surface area contributed by atoms with Gasteiger partial charge in [-0.25, -0.2) is 0 Å². The fourth-order valence-electron chi connectivity index (χ4n) is 11.7. The second-order valence-corrected chi connectivity index (χ2v) is 18.8. The Hall–Kier alpha value is -9.04. The molecule has 1 aliphatic rings. The van der Waals surface area contributed by atoms with E-state index < -0.39 is 5.41 Å². The molecule has 12 aromatic carbocycles. The molecule has 0 spiro atoms. The van der Waals surface area contributed by atoms with Gasteiger partial charge in [0.05, 0.1) is 11.4 Å². The first-order chi connectivity index (χ1) is 35.1. The highest BCUT2D eigenvalue weighted by molar-refractivity contribution is 6.22. The Kier molecular flexibility index (Phi) is 10.4. The monoisotopic (exact) mass is 903 g/mol. The predicted octanol–water partition coefficient (Wildman–Crippen LogP) is 19.1. The zero-order valence-electron chi connectivity index (χ0n) is 39.5. The van der Waals surface area contributed by atoms with E-state index in [4.69, 9.17) is 0 Å². The van der Waals surface area contributed by atoms with Gasteiger partial charge in [-0.2, -0.15) is 0 Å². The van der Waals surface area contributed by atoms with E-state index >= 15 is 0 Å². The summed E-state index contributed by atoms with van der Waals surface area (Å²) in [5, 5.41) is 4.97. The minimum absolute atomic E-state index is 0.459. The Morgan fingerprint density at radius 3 is 1.39 bits per heavy atom. The van der Waals surface area contributed by atoms with E-state index in [2.05, 4.69) is 291 Å². The van der Waals surface area contributed by atoms with Crippen molar-refractivity contribution in [2.75, 3.05) is 4.90 Å². The molecule has 0 amide bonds. The van der Waals surface area contributed by atoms with Gasteiger partial charge in [-0.15, -0.1) is 0 Å². The zero-order valence-corrected chi connectivity index (χ0v) is 39.5. The molecule has 1 heteroatoms. The maximum absolute atomic E-state index is 2.58. The topological polar surface area (TPSA) is 3.24 Å². The number of nitrogens with zero attached hydrogens (tertiary/aromatic N) is 1. The molecule has 12 aromatic rings. The summed E-state index contributed by atoms with van der Waals surface area (Å²) in [5.41, 5.74) is 21.1. The Balaban J connectivity index is 1.11. The van der Waals surface area contributed by atoms with Gasteiger partial charge in [-0.05, 0) is 125 Å². The third-order valence-corrected chi connectivity index (χ3v) is 14.9. The van der Waals surface area contributed by atoms with Crippen LogP contribution in [0.15, 0.2) is 279 Å².